The first-order chi connectivity index (χ1) is 11.3. The van der Waals surface area contributed by atoms with E-state index in [4.69, 9.17) is 5.26 Å². The molecule has 0 atom stereocenters. The fourth-order valence-electron chi connectivity index (χ4n) is 2.76. The summed E-state index contributed by atoms with van der Waals surface area (Å²) in [7, 11) is 1.98. The zero-order valence-corrected chi connectivity index (χ0v) is 12.4. The summed E-state index contributed by atoms with van der Waals surface area (Å²) >= 11 is 0. The van der Waals surface area contributed by atoms with E-state index in [9.17, 15) is 0 Å². The molecule has 0 radical (unpaired) electrons. The molecule has 110 valence electrons. The lowest BCUT2D eigenvalue weighted by Gasteiger charge is -2.04. The van der Waals surface area contributed by atoms with Gasteiger partial charge < -0.3 is 4.57 Å². The Morgan fingerprint density at radius 1 is 1.17 bits per heavy atom. The highest BCUT2D eigenvalue weighted by molar-refractivity contribution is 6.02. The van der Waals surface area contributed by atoms with Gasteiger partial charge in [0.25, 0.3) is 0 Å². The van der Waals surface area contributed by atoms with E-state index in [2.05, 4.69) is 26.0 Å². The van der Waals surface area contributed by atoms with Crippen molar-refractivity contribution in [1.29, 1.82) is 5.26 Å². The second-order valence-corrected chi connectivity index (χ2v) is 5.30. The molecule has 0 aliphatic rings. The summed E-state index contributed by atoms with van der Waals surface area (Å²) in [5.74, 6) is 0.898. The summed E-state index contributed by atoms with van der Waals surface area (Å²) in [5, 5.41) is 10.1. The topological polar surface area (TPSA) is 80.3 Å². The first-order valence-corrected chi connectivity index (χ1v) is 7.15. The fourth-order valence-corrected chi connectivity index (χ4v) is 2.76. The smallest absolute Gasteiger partial charge is 0.115 e. The molecule has 4 rings (SSSR count). The molecule has 0 saturated heterocycles. The fraction of sp³-hybridized carbons (Fsp3) is 0.118. The minimum absolute atomic E-state index is 0.616. The number of nitrogens with zero attached hydrogens (tertiary/aromatic N) is 6. The summed E-state index contributed by atoms with van der Waals surface area (Å²) in [6.45, 7) is 0. The zero-order valence-electron chi connectivity index (χ0n) is 12.4. The van der Waals surface area contributed by atoms with Crippen molar-refractivity contribution in [3.63, 3.8) is 0 Å². The van der Waals surface area contributed by atoms with E-state index in [1.54, 1.807) is 18.5 Å². The van der Waals surface area contributed by atoms with Crippen LogP contribution in [-0.2, 0) is 13.5 Å². The number of benzene rings is 1. The van der Waals surface area contributed by atoms with Gasteiger partial charge in [-0.05, 0) is 24.3 Å². The lowest BCUT2D eigenvalue weighted by atomic mass is 10.1. The number of aryl methyl sites for hydroxylation is 1. The van der Waals surface area contributed by atoms with Crippen LogP contribution in [0.25, 0.3) is 21.9 Å². The van der Waals surface area contributed by atoms with E-state index in [1.807, 2.05) is 29.8 Å². The SMILES string of the molecule is Cn1c(Cc2ccncn2)nc2cnc3ccc(C#N)cc3c21. The lowest BCUT2D eigenvalue weighted by molar-refractivity contribution is 0.830. The maximum atomic E-state index is 9.13. The molecule has 3 aromatic heterocycles. The Bertz CT molecular complexity index is 1060. The lowest BCUT2D eigenvalue weighted by Crippen LogP contribution is -2.01. The quantitative estimate of drug-likeness (QED) is 0.568. The summed E-state index contributed by atoms with van der Waals surface area (Å²) < 4.78 is 2.04. The van der Waals surface area contributed by atoms with Crippen molar-refractivity contribution in [2.75, 3.05) is 0 Å². The molecule has 0 spiro atoms. The Balaban J connectivity index is 1.93. The molecular weight excluding hydrogens is 288 g/mol. The van der Waals surface area contributed by atoms with Gasteiger partial charge in [0.2, 0.25) is 0 Å². The van der Waals surface area contributed by atoms with Crippen molar-refractivity contribution in [3.8, 4) is 6.07 Å². The Morgan fingerprint density at radius 2 is 2.09 bits per heavy atom. The van der Waals surface area contributed by atoms with Crippen LogP contribution in [0.1, 0.15) is 17.1 Å². The monoisotopic (exact) mass is 300 g/mol. The highest BCUT2D eigenvalue weighted by Crippen LogP contribution is 2.25. The number of fused-ring (bicyclic) bond motifs is 3. The van der Waals surface area contributed by atoms with Gasteiger partial charge >= 0.3 is 0 Å². The van der Waals surface area contributed by atoms with Crippen molar-refractivity contribution in [1.82, 2.24) is 24.5 Å². The largest absolute Gasteiger partial charge is 0.330 e. The number of nitriles is 1. The van der Waals surface area contributed by atoms with E-state index in [1.165, 1.54) is 6.33 Å². The van der Waals surface area contributed by atoms with Gasteiger partial charge in [0.05, 0.1) is 34.6 Å². The number of imidazole rings is 1. The van der Waals surface area contributed by atoms with Gasteiger partial charge in [-0.2, -0.15) is 5.26 Å². The van der Waals surface area contributed by atoms with Crippen molar-refractivity contribution in [3.05, 3.63) is 60.1 Å². The molecule has 23 heavy (non-hydrogen) atoms. The van der Waals surface area contributed by atoms with Crippen molar-refractivity contribution in [2.24, 2.45) is 7.05 Å². The number of aromatic nitrogens is 5. The third kappa shape index (κ3) is 2.19. The summed E-state index contributed by atoms with van der Waals surface area (Å²) in [6, 6.07) is 9.56. The van der Waals surface area contributed by atoms with Crippen LogP contribution >= 0.6 is 0 Å². The molecule has 0 aliphatic heterocycles. The first kappa shape index (κ1) is 13.3. The van der Waals surface area contributed by atoms with Gasteiger partial charge in [0, 0.05) is 25.1 Å². The normalized spacial score (nSPS) is 11.0. The Kier molecular flexibility index (Phi) is 2.98. The van der Waals surface area contributed by atoms with E-state index in [0.717, 1.165) is 33.5 Å². The van der Waals surface area contributed by atoms with E-state index < -0.39 is 0 Å². The number of pyridine rings is 1. The Morgan fingerprint density at radius 3 is 2.87 bits per heavy atom. The molecule has 0 amide bonds. The van der Waals surface area contributed by atoms with Gasteiger partial charge in [-0.3, -0.25) is 4.98 Å². The third-order valence-electron chi connectivity index (χ3n) is 3.90. The average Bonchev–Trinajstić information content (AvgIpc) is 2.91. The Hall–Kier alpha value is -3.33. The highest BCUT2D eigenvalue weighted by Gasteiger charge is 2.13. The molecule has 6 nitrogen and oxygen atoms in total. The van der Waals surface area contributed by atoms with E-state index in [-0.39, 0.29) is 0 Å². The molecule has 0 fully saturated rings. The molecule has 0 saturated carbocycles. The molecular formula is C17H12N6. The van der Waals surface area contributed by atoms with Gasteiger partial charge in [-0.1, -0.05) is 0 Å². The minimum Gasteiger partial charge on any atom is -0.330 e. The van der Waals surface area contributed by atoms with Gasteiger partial charge in [0.1, 0.15) is 17.7 Å². The highest BCUT2D eigenvalue weighted by atomic mass is 15.1. The maximum Gasteiger partial charge on any atom is 0.115 e. The van der Waals surface area contributed by atoms with Crippen LogP contribution in [-0.4, -0.2) is 24.5 Å². The number of rotatable bonds is 2. The second-order valence-electron chi connectivity index (χ2n) is 5.30. The van der Waals surface area contributed by atoms with Crippen LogP contribution < -0.4 is 0 Å². The predicted octanol–water partition coefficient (Wildman–Crippen LogP) is 2.37. The van der Waals surface area contributed by atoms with Crippen LogP contribution in [0.5, 0.6) is 0 Å². The van der Waals surface area contributed by atoms with Crippen LogP contribution in [0.3, 0.4) is 0 Å². The van der Waals surface area contributed by atoms with Crippen molar-refractivity contribution < 1.29 is 0 Å². The Labute approximate surface area is 132 Å². The predicted molar refractivity (Wildman–Crippen MR) is 85.6 cm³/mol. The molecule has 3 heterocycles. The van der Waals surface area contributed by atoms with Gasteiger partial charge in [-0.25, -0.2) is 15.0 Å². The molecule has 0 bridgehead atoms. The summed E-state index contributed by atoms with van der Waals surface area (Å²) in [5.41, 5.74) is 4.18. The molecule has 0 aliphatic carbocycles. The third-order valence-corrected chi connectivity index (χ3v) is 3.90. The zero-order chi connectivity index (χ0) is 15.8. The molecule has 0 N–H and O–H groups in total. The molecule has 6 heteroatoms. The van der Waals surface area contributed by atoms with Gasteiger partial charge in [-0.15, -0.1) is 0 Å². The molecule has 0 unspecified atom stereocenters. The molecule has 1 aromatic carbocycles. The molecule has 4 aromatic rings. The second kappa shape index (κ2) is 5.14. The standard InChI is InChI=1S/C17H12N6/c1-23-16(7-12-4-5-19-10-21-12)22-15-9-20-14-3-2-11(8-18)6-13(14)17(15)23/h2-6,9-10H,7H2,1H3. The number of hydrogen-bond acceptors (Lipinski definition) is 5. The van der Waals surface area contributed by atoms with E-state index in [0.29, 0.717) is 12.0 Å². The van der Waals surface area contributed by atoms with Crippen molar-refractivity contribution >= 4 is 21.9 Å². The van der Waals surface area contributed by atoms with Crippen LogP contribution in [0.15, 0.2) is 43.0 Å². The first-order valence-electron chi connectivity index (χ1n) is 7.15. The maximum absolute atomic E-state index is 9.13. The van der Waals surface area contributed by atoms with Crippen LogP contribution in [0.4, 0.5) is 0 Å². The summed E-state index contributed by atoms with van der Waals surface area (Å²) in [6.07, 6.45) is 5.65. The average molecular weight is 300 g/mol. The minimum atomic E-state index is 0.616. The van der Waals surface area contributed by atoms with Gasteiger partial charge in [0.15, 0.2) is 0 Å². The number of hydrogen-bond donors (Lipinski definition) is 0. The van der Waals surface area contributed by atoms with Crippen LogP contribution in [0, 0.1) is 11.3 Å². The van der Waals surface area contributed by atoms with E-state index >= 15 is 0 Å². The summed E-state index contributed by atoms with van der Waals surface area (Å²) in [4.78, 5) is 17.3. The van der Waals surface area contributed by atoms with Crippen molar-refractivity contribution in [2.45, 2.75) is 6.42 Å². The van der Waals surface area contributed by atoms with Crippen LogP contribution in [0.2, 0.25) is 0 Å².